The van der Waals surface area contributed by atoms with E-state index >= 15 is 0 Å². The van der Waals surface area contributed by atoms with Gasteiger partial charge in [-0.3, -0.25) is 0 Å². The molecule has 1 aromatic carbocycles. The second-order valence-corrected chi connectivity index (χ2v) is 4.54. The number of carbonyl (C=O) groups is 1. The molecule has 0 aliphatic carbocycles. The van der Waals surface area contributed by atoms with E-state index in [4.69, 9.17) is 4.42 Å². The van der Waals surface area contributed by atoms with Crippen LogP contribution in [0.15, 0.2) is 47.1 Å². The molecule has 0 saturated carbocycles. The molecule has 0 atom stereocenters. The SMILES string of the molecule is O=[As]c1ccc(NC(=O)c2ccco2)cc1. The van der Waals surface area contributed by atoms with Crippen LogP contribution in [-0.4, -0.2) is 21.6 Å². The van der Waals surface area contributed by atoms with Gasteiger partial charge in [0.05, 0.1) is 0 Å². The number of amides is 1. The zero-order valence-corrected chi connectivity index (χ0v) is 10.1. The van der Waals surface area contributed by atoms with Gasteiger partial charge in [0.1, 0.15) is 0 Å². The first-order chi connectivity index (χ1) is 7.79. The van der Waals surface area contributed by atoms with Crippen LogP contribution in [0, 0.1) is 0 Å². The summed E-state index contributed by atoms with van der Waals surface area (Å²) in [4.78, 5) is 11.6. The van der Waals surface area contributed by atoms with Gasteiger partial charge in [0.25, 0.3) is 0 Å². The van der Waals surface area contributed by atoms with E-state index in [0.717, 1.165) is 4.35 Å². The number of hydrogen-bond donors (Lipinski definition) is 1. The summed E-state index contributed by atoms with van der Waals surface area (Å²) < 4.78 is 16.4. The summed E-state index contributed by atoms with van der Waals surface area (Å²) in [5.41, 5.74) is 0.653. The van der Waals surface area contributed by atoms with E-state index in [1.807, 2.05) is 0 Å². The summed E-state index contributed by atoms with van der Waals surface area (Å²) in [7, 11) is 0. The molecular weight excluding hydrogens is 269 g/mol. The molecule has 80 valence electrons. The van der Waals surface area contributed by atoms with E-state index < -0.39 is 15.7 Å². The van der Waals surface area contributed by atoms with Crippen molar-refractivity contribution in [3.63, 3.8) is 0 Å². The van der Waals surface area contributed by atoms with Crippen molar-refractivity contribution in [2.45, 2.75) is 0 Å². The molecule has 0 aliphatic rings. The molecule has 1 heterocycles. The van der Waals surface area contributed by atoms with Gasteiger partial charge in [0, 0.05) is 0 Å². The average Bonchev–Trinajstić information content (AvgIpc) is 2.83. The minimum absolute atomic E-state index is 0.263. The number of rotatable bonds is 3. The number of carbonyl (C=O) groups excluding carboxylic acids is 1. The van der Waals surface area contributed by atoms with Crippen LogP contribution in [0.25, 0.3) is 0 Å². The number of benzene rings is 1. The summed E-state index contributed by atoms with van der Waals surface area (Å²) in [5, 5.41) is 2.67. The zero-order valence-electron chi connectivity index (χ0n) is 8.21. The predicted molar refractivity (Wildman–Crippen MR) is 59.2 cm³/mol. The van der Waals surface area contributed by atoms with Crippen molar-refractivity contribution in [1.29, 1.82) is 0 Å². The van der Waals surface area contributed by atoms with Gasteiger partial charge in [0.15, 0.2) is 0 Å². The fourth-order valence-electron chi connectivity index (χ4n) is 1.21. The van der Waals surface area contributed by atoms with Gasteiger partial charge in [-0.1, -0.05) is 0 Å². The van der Waals surface area contributed by atoms with Crippen molar-refractivity contribution in [2.24, 2.45) is 0 Å². The molecule has 0 aliphatic heterocycles. The molecule has 2 aromatic rings. The molecular formula is C11H8AsNO3. The quantitative estimate of drug-likeness (QED) is 0.858. The second kappa shape index (κ2) is 4.90. The summed E-state index contributed by atoms with van der Waals surface area (Å²) in [6.07, 6.45) is 1.44. The molecule has 0 bridgehead atoms. The maximum atomic E-state index is 11.6. The topological polar surface area (TPSA) is 59.3 Å². The maximum absolute atomic E-state index is 11.6. The first kappa shape index (κ1) is 10.8. The standard InChI is InChI=1S/C11H8AsNO3/c14-11(10-2-1-7-16-10)13-9-5-3-8(12-15)4-6-9/h1-7H,(H,13,14). The molecule has 2 rings (SSSR count). The third-order valence-corrected chi connectivity index (χ3v) is 3.04. The molecule has 4 nitrogen and oxygen atoms in total. The summed E-state index contributed by atoms with van der Waals surface area (Å²) in [6, 6.07) is 10.1. The Labute approximate surface area is 98.6 Å². The van der Waals surface area contributed by atoms with Gasteiger partial charge in [0.2, 0.25) is 0 Å². The molecule has 0 saturated heterocycles. The van der Waals surface area contributed by atoms with Crippen molar-refractivity contribution in [2.75, 3.05) is 5.32 Å². The van der Waals surface area contributed by atoms with Gasteiger partial charge in [-0.2, -0.15) is 0 Å². The van der Waals surface area contributed by atoms with Crippen molar-refractivity contribution in [3.05, 3.63) is 48.4 Å². The van der Waals surface area contributed by atoms with Crippen molar-refractivity contribution in [3.8, 4) is 0 Å². The van der Waals surface area contributed by atoms with Crippen LogP contribution in [0.1, 0.15) is 10.6 Å². The number of nitrogens with one attached hydrogen (secondary N) is 1. The third kappa shape index (κ3) is 2.47. The number of hydrogen-bond acceptors (Lipinski definition) is 3. The third-order valence-electron chi connectivity index (χ3n) is 1.98. The van der Waals surface area contributed by atoms with Gasteiger partial charge in [-0.15, -0.1) is 0 Å². The fourth-order valence-corrected chi connectivity index (χ4v) is 1.77. The Morgan fingerprint density at radius 1 is 1.19 bits per heavy atom. The van der Waals surface area contributed by atoms with Crippen LogP contribution >= 0.6 is 0 Å². The molecule has 16 heavy (non-hydrogen) atoms. The van der Waals surface area contributed by atoms with Crippen molar-refractivity contribution in [1.82, 2.24) is 0 Å². The molecule has 1 aromatic heterocycles. The van der Waals surface area contributed by atoms with Gasteiger partial charge in [-0.05, 0) is 0 Å². The predicted octanol–water partition coefficient (Wildman–Crippen LogP) is 1.21. The van der Waals surface area contributed by atoms with Crippen LogP contribution < -0.4 is 9.67 Å². The fraction of sp³-hybridized carbons (Fsp3) is 0. The van der Waals surface area contributed by atoms with Crippen LogP contribution in [0.5, 0.6) is 0 Å². The Morgan fingerprint density at radius 3 is 2.50 bits per heavy atom. The van der Waals surface area contributed by atoms with E-state index in [2.05, 4.69) is 5.32 Å². The Balaban J connectivity index is 2.09. The normalized spacial score (nSPS) is 10.2. The van der Waals surface area contributed by atoms with E-state index in [1.165, 1.54) is 6.26 Å². The van der Waals surface area contributed by atoms with Crippen LogP contribution in [0.2, 0.25) is 0 Å². The van der Waals surface area contributed by atoms with Crippen LogP contribution in [0.3, 0.4) is 0 Å². The van der Waals surface area contributed by atoms with Gasteiger partial charge in [-0.25, -0.2) is 0 Å². The molecule has 5 heteroatoms. The van der Waals surface area contributed by atoms with Crippen LogP contribution in [-0.2, 0) is 3.74 Å². The Kier molecular flexibility index (Phi) is 3.32. The molecule has 0 unspecified atom stereocenters. The Bertz CT molecular complexity index is 490. The number of anilines is 1. The average molecular weight is 277 g/mol. The van der Waals surface area contributed by atoms with Crippen LogP contribution in [0.4, 0.5) is 5.69 Å². The van der Waals surface area contributed by atoms with E-state index in [9.17, 15) is 8.53 Å². The van der Waals surface area contributed by atoms with Gasteiger partial charge >= 0.3 is 98.3 Å². The Morgan fingerprint density at radius 2 is 1.94 bits per heavy atom. The molecule has 0 spiro atoms. The van der Waals surface area contributed by atoms with E-state index in [0.29, 0.717) is 5.69 Å². The number of furan rings is 1. The minimum atomic E-state index is -1.01. The van der Waals surface area contributed by atoms with E-state index in [1.54, 1.807) is 36.4 Å². The Hall–Kier alpha value is -1.67. The molecule has 0 fully saturated rings. The summed E-state index contributed by atoms with van der Waals surface area (Å²) in [6.45, 7) is 0. The molecule has 0 radical (unpaired) electrons. The van der Waals surface area contributed by atoms with Gasteiger partial charge < -0.3 is 0 Å². The van der Waals surface area contributed by atoms with Crippen molar-refractivity contribution < 1.29 is 13.0 Å². The molecule has 1 amide bonds. The molecule has 1 N–H and O–H groups in total. The van der Waals surface area contributed by atoms with Crippen molar-refractivity contribution >= 4 is 31.6 Å². The first-order valence-electron chi connectivity index (χ1n) is 4.58. The zero-order chi connectivity index (χ0) is 11.4. The monoisotopic (exact) mass is 277 g/mol. The summed E-state index contributed by atoms with van der Waals surface area (Å²) in [5.74, 6) is -0.0348. The second-order valence-electron chi connectivity index (χ2n) is 3.07. The first-order valence-corrected chi connectivity index (χ1v) is 6.28. The van der Waals surface area contributed by atoms with E-state index in [-0.39, 0.29) is 11.7 Å². The summed E-state index contributed by atoms with van der Waals surface area (Å²) >= 11 is -1.01.